The van der Waals surface area contributed by atoms with Crippen molar-refractivity contribution in [2.75, 3.05) is 0 Å². The molecule has 0 bridgehead atoms. The van der Waals surface area contributed by atoms with Crippen molar-refractivity contribution in [3.63, 3.8) is 0 Å². The molecule has 2 heterocycles. The largest absolute Gasteiger partial charge is 0.193 e. The molecule has 0 saturated heterocycles. The average Bonchev–Trinajstić information content (AvgIpc) is 2.86. The number of nitriles is 1. The number of hydrogen-bond donors (Lipinski definition) is 0. The highest BCUT2D eigenvalue weighted by atomic mass is 32.1. The zero-order valence-electron chi connectivity index (χ0n) is 8.07. The lowest BCUT2D eigenvalue weighted by Gasteiger charge is -1.98. The summed E-state index contributed by atoms with van der Waals surface area (Å²) in [5, 5.41) is 13.2. The molecule has 1 aliphatic carbocycles. The van der Waals surface area contributed by atoms with Gasteiger partial charge in [-0.05, 0) is 29.8 Å². The van der Waals surface area contributed by atoms with Crippen molar-refractivity contribution in [3.8, 4) is 15.8 Å². The van der Waals surface area contributed by atoms with Gasteiger partial charge in [0.05, 0.1) is 15.8 Å². The molecule has 1 aliphatic rings. The van der Waals surface area contributed by atoms with Crippen LogP contribution in [0.4, 0.5) is 0 Å². The van der Waals surface area contributed by atoms with Crippen LogP contribution in [0.2, 0.25) is 0 Å². The molecule has 72 valence electrons. The molecule has 3 rings (SSSR count). The maximum atomic E-state index is 9.02. The SMILES string of the molecule is CC(C#N)=C1c2ccsc2-c2sccc21. The first-order valence-electron chi connectivity index (χ1n) is 4.60. The second-order valence-electron chi connectivity index (χ2n) is 3.44. The molecule has 1 nitrogen and oxygen atoms in total. The van der Waals surface area contributed by atoms with Crippen molar-refractivity contribution >= 4 is 28.2 Å². The first-order valence-corrected chi connectivity index (χ1v) is 6.36. The third-order valence-corrected chi connectivity index (χ3v) is 4.61. The highest BCUT2D eigenvalue weighted by molar-refractivity contribution is 7.21. The molecule has 0 saturated carbocycles. The Morgan fingerprint density at radius 3 is 2.13 bits per heavy atom. The van der Waals surface area contributed by atoms with E-state index in [1.54, 1.807) is 22.7 Å². The van der Waals surface area contributed by atoms with E-state index in [0.717, 1.165) is 11.1 Å². The zero-order valence-corrected chi connectivity index (χ0v) is 9.71. The fraction of sp³-hybridized carbons (Fsp3) is 0.0833. The standard InChI is InChI=1S/C12H7NS2/c1-7(6-13)10-8-2-4-14-11(8)12-9(10)3-5-15-12/h2-5H,1H3. The van der Waals surface area contributed by atoms with Gasteiger partial charge in [0.15, 0.2) is 0 Å². The van der Waals surface area contributed by atoms with Gasteiger partial charge in [-0.25, -0.2) is 0 Å². The molecule has 0 spiro atoms. The van der Waals surface area contributed by atoms with E-state index in [4.69, 9.17) is 5.26 Å². The Hall–Kier alpha value is -1.37. The Morgan fingerprint density at radius 1 is 1.13 bits per heavy atom. The van der Waals surface area contributed by atoms with Gasteiger partial charge in [-0.3, -0.25) is 0 Å². The monoisotopic (exact) mass is 229 g/mol. The number of rotatable bonds is 0. The molecule has 0 N–H and O–H groups in total. The van der Waals surface area contributed by atoms with Crippen molar-refractivity contribution in [2.45, 2.75) is 6.92 Å². The van der Waals surface area contributed by atoms with Gasteiger partial charge in [-0.15, -0.1) is 22.7 Å². The first-order chi connectivity index (χ1) is 7.33. The number of allylic oxidation sites excluding steroid dienone is 1. The first kappa shape index (κ1) is 8.90. The van der Waals surface area contributed by atoms with Gasteiger partial charge in [0.25, 0.3) is 0 Å². The Morgan fingerprint density at radius 2 is 1.67 bits per heavy atom. The van der Waals surface area contributed by atoms with Gasteiger partial charge >= 0.3 is 0 Å². The Balaban J connectivity index is 2.43. The number of thiophene rings is 2. The molecule has 2 aromatic rings. The third-order valence-electron chi connectivity index (χ3n) is 2.62. The molecule has 0 aliphatic heterocycles. The van der Waals surface area contributed by atoms with Gasteiger partial charge in [0.1, 0.15) is 0 Å². The lowest BCUT2D eigenvalue weighted by molar-refractivity contribution is 1.44. The second kappa shape index (κ2) is 3.06. The summed E-state index contributed by atoms with van der Waals surface area (Å²) in [5.41, 5.74) is 4.42. The summed E-state index contributed by atoms with van der Waals surface area (Å²) in [6.45, 7) is 1.89. The van der Waals surface area contributed by atoms with Gasteiger partial charge in [-0.1, -0.05) is 0 Å². The minimum absolute atomic E-state index is 0.812. The van der Waals surface area contributed by atoms with E-state index in [1.807, 2.05) is 6.92 Å². The molecule has 0 amide bonds. The van der Waals surface area contributed by atoms with Crippen LogP contribution < -0.4 is 0 Å². The molecule has 15 heavy (non-hydrogen) atoms. The van der Waals surface area contributed by atoms with E-state index in [1.165, 1.54) is 20.9 Å². The normalized spacial score (nSPS) is 12.1. The van der Waals surface area contributed by atoms with Crippen molar-refractivity contribution in [3.05, 3.63) is 39.6 Å². The topological polar surface area (TPSA) is 23.8 Å². The quantitative estimate of drug-likeness (QED) is 0.532. The molecule has 0 radical (unpaired) electrons. The van der Waals surface area contributed by atoms with Gasteiger partial charge in [0, 0.05) is 22.3 Å². The number of fused-ring (bicyclic) bond motifs is 3. The number of nitrogens with zero attached hydrogens (tertiary/aromatic N) is 1. The summed E-state index contributed by atoms with van der Waals surface area (Å²) in [5.74, 6) is 0. The molecule has 0 atom stereocenters. The Labute approximate surface area is 95.9 Å². The lowest BCUT2D eigenvalue weighted by Crippen LogP contribution is -1.82. The summed E-state index contributed by atoms with van der Waals surface area (Å²) in [7, 11) is 0. The van der Waals surface area contributed by atoms with E-state index in [-0.39, 0.29) is 0 Å². The van der Waals surface area contributed by atoms with E-state index in [0.29, 0.717) is 0 Å². The fourth-order valence-electron chi connectivity index (χ4n) is 1.97. The average molecular weight is 229 g/mol. The Bertz CT molecular complexity index is 565. The van der Waals surface area contributed by atoms with Crippen LogP contribution >= 0.6 is 22.7 Å². The predicted octanol–water partition coefficient (Wildman–Crippen LogP) is 4.14. The second-order valence-corrected chi connectivity index (χ2v) is 5.27. The summed E-state index contributed by atoms with van der Waals surface area (Å²) in [6, 6.07) is 6.49. The minimum atomic E-state index is 0.812. The molecular formula is C12H7NS2. The number of hydrogen-bond acceptors (Lipinski definition) is 3. The van der Waals surface area contributed by atoms with E-state index in [9.17, 15) is 0 Å². The summed E-state index contributed by atoms with van der Waals surface area (Å²) < 4.78 is 0. The van der Waals surface area contributed by atoms with E-state index in [2.05, 4.69) is 29.0 Å². The van der Waals surface area contributed by atoms with Crippen LogP contribution in [0.25, 0.3) is 15.3 Å². The van der Waals surface area contributed by atoms with E-state index < -0.39 is 0 Å². The zero-order chi connectivity index (χ0) is 10.4. The van der Waals surface area contributed by atoms with Crippen LogP contribution in [-0.4, -0.2) is 0 Å². The Kier molecular flexibility index (Phi) is 1.82. The third kappa shape index (κ3) is 1.06. The predicted molar refractivity (Wildman–Crippen MR) is 64.9 cm³/mol. The van der Waals surface area contributed by atoms with Crippen molar-refractivity contribution in [2.24, 2.45) is 0 Å². The van der Waals surface area contributed by atoms with Crippen LogP contribution in [0.1, 0.15) is 18.1 Å². The van der Waals surface area contributed by atoms with Crippen LogP contribution in [0, 0.1) is 11.3 Å². The van der Waals surface area contributed by atoms with E-state index >= 15 is 0 Å². The lowest BCUT2D eigenvalue weighted by atomic mass is 10.0. The minimum Gasteiger partial charge on any atom is -0.193 e. The van der Waals surface area contributed by atoms with Crippen LogP contribution in [0.5, 0.6) is 0 Å². The maximum Gasteiger partial charge on any atom is 0.0950 e. The fourth-order valence-corrected chi connectivity index (χ4v) is 3.97. The molecular weight excluding hydrogens is 222 g/mol. The molecule has 3 heteroatoms. The van der Waals surface area contributed by atoms with Gasteiger partial charge < -0.3 is 0 Å². The van der Waals surface area contributed by atoms with Gasteiger partial charge in [-0.2, -0.15) is 5.26 Å². The smallest absolute Gasteiger partial charge is 0.0950 e. The van der Waals surface area contributed by atoms with Crippen molar-refractivity contribution in [1.29, 1.82) is 5.26 Å². The molecule has 0 fully saturated rings. The molecule has 0 aromatic carbocycles. The van der Waals surface area contributed by atoms with Crippen molar-refractivity contribution in [1.82, 2.24) is 0 Å². The maximum absolute atomic E-state index is 9.02. The van der Waals surface area contributed by atoms with Gasteiger partial charge in [0.2, 0.25) is 0 Å². The summed E-state index contributed by atoms with van der Waals surface area (Å²) in [6.07, 6.45) is 0. The summed E-state index contributed by atoms with van der Waals surface area (Å²) in [4.78, 5) is 2.65. The molecule has 0 unspecified atom stereocenters. The van der Waals surface area contributed by atoms with Crippen LogP contribution in [0.15, 0.2) is 28.5 Å². The molecule has 2 aromatic heterocycles. The van der Waals surface area contributed by atoms with Crippen molar-refractivity contribution < 1.29 is 0 Å². The highest BCUT2D eigenvalue weighted by Gasteiger charge is 2.27. The highest BCUT2D eigenvalue weighted by Crippen LogP contribution is 2.50. The van der Waals surface area contributed by atoms with Crippen LogP contribution in [-0.2, 0) is 0 Å². The summed E-state index contributed by atoms with van der Waals surface area (Å²) >= 11 is 3.52. The van der Waals surface area contributed by atoms with Crippen LogP contribution in [0.3, 0.4) is 0 Å².